The predicted octanol–water partition coefficient (Wildman–Crippen LogP) is 1.83. The highest BCUT2D eigenvalue weighted by atomic mass is 32.1. The Kier molecular flexibility index (Phi) is 1.97. The van der Waals surface area contributed by atoms with E-state index in [4.69, 9.17) is 0 Å². The Hall–Kier alpha value is -1.07. The van der Waals surface area contributed by atoms with Crippen LogP contribution < -0.4 is 0 Å². The molecule has 0 radical (unpaired) electrons. The van der Waals surface area contributed by atoms with Crippen molar-refractivity contribution in [2.24, 2.45) is 0 Å². The number of hydrogen-bond donors (Lipinski definition) is 0. The zero-order chi connectivity index (χ0) is 8.39. The van der Waals surface area contributed by atoms with Crippen LogP contribution in [-0.2, 0) is 0 Å². The number of ketones is 1. The quantitative estimate of drug-likeness (QED) is 0.688. The van der Waals surface area contributed by atoms with Gasteiger partial charge in [0.05, 0.1) is 0 Å². The fourth-order valence-electron chi connectivity index (χ4n) is 0.805. The third-order valence-corrected chi connectivity index (χ3v) is 2.56. The van der Waals surface area contributed by atoms with Gasteiger partial charge in [-0.3, -0.25) is 4.79 Å². The second kappa shape index (κ2) is 3.12. The molecule has 0 unspecified atom stereocenters. The first-order valence-corrected chi connectivity index (χ1v) is 5.00. The molecule has 0 fully saturated rings. The molecule has 0 N–H and O–H groups in total. The summed E-state index contributed by atoms with van der Waals surface area (Å²) in [6.45, 7) is 0. The van der Waals surface area contributed by atoms with E-state index in [0.29, 0.717) is 11.3 Å². The van der Waals surface area contributed by atoms with E-state index >= 15 is 0 Å². The van der Waals surface area contributed by atoms with Crippen molar-refractivity contribution in [2.75, 3.05) is 0 Å². The number of nitrogens with zero attached hydrogens (tertiary/aromatic N) is 2. The van der Waals surface area contributed by atoms with Crippen LogP contribution in [-0.4, -0.2) is 15.4 Å². The van der Waals surface area contributed by atoms with Gasteiger partial charge in [0.1, 0.15) is 5.69 Å². The van der Waals surface area contributed by atoms with Crippen molar-refractivity contribution in [2.45, 2.75) is 0 Å². The van der Waals surface area contributed by atoms with Crippen LogP contribution in [0.2, 0.25) is 0 Å². The van der Waals surface area contributed by atoms with Gasteiger partial charge in [0, 0.05) is 16.3 Å². The summed E-state index contributed by atoms with van der Waals surface area (Å²) >= 11 is 2.69. The number of rotatable bonds is 2. The first-order valence-electron chi connectivity index (χ1n) is 3.22. The minimum absolute atomic E-state index is 0.0509. The average molecular weight is 196 g/mol. The maximum absolute atomic E-state index is 11.5. The monoisotopic (exact) mass is 196 g/mol. The molecule has 12 heavy (non-hydrogen) atoms. The van der Waals surface area contributed by atoms with Crippen molar-refractivity contribution >= 4 is 28.7 Å². The first kappa shape index (κ1) is 7.57. The summed E-state index contributed by atoms with van der Waals surface area (Å²) in [5.74, 6) is -0.0509. The van der Waals surface area contributed by atoms with Gasteiger partial charge in [-0.05, 0) is 23.0 Å². The molecule has 0 bridgehead atoms. The second-order valence-electron chi connectivity index (χ2n) is 2.13. The second-order valence-corrected chi connectivity index (χ2v) is 3.52. The molecule has 0 aromatic carbocycles. The Balaban J connectivity index is 2.34. The van der Waals surface area contributed by atoms with Crippen molar-refractivity contribution in [3.8, 4) is 0 Å². The highest BCUT2D eigenvalue weighted by molar-refractivity contribution is 7.08. The maximum Gasteiger partial charge on any atom is 0.215 e. The summed E-state index contributed by atoms with van der Waals surface area (Å²) in [7, 11) is 0. The van der Waals surface area contributed by atoms with Crippen LogP contribution in [0.5, 0.6) is 0 Å². The van der Waals surface area contributed by atoms with Gasteiger partial charge in [-0.25, -0.2) is 0 Å². The van der Waals surface area contributed by atoms with Crippen LogP contribution in [0.1, 0.15) is 16.1 Å². The molecule has 0 spiro atoms. The van der Waals surface area contributed by atoms with Crippen molar-refractivity contribution in [3.05, 3.63) is 33.5 Å². The molecule has 0 aliphatic heterocycles. The van der Waals surface area contributed by atoms with Gasteiger partial charge in [-0.15, -0.1) is 5.10 Å². The third kappa shape index (κ3) is 1.28. The molecule has 60 valence electrons. The molecular weight excluding hydrogens is 192 g/mol. The molecule has 0 aliphatic rings. The topological polar surface area (TPSA) is 42.9 Å². The van der Waals surface area contributed by atoms with Gasteiger partial charge >= 0.3 is 0 Å². The van der Waals surface area contributed by atoms with Gasteiger partial charge < -0.3 is 0 Å². The molecule has 0 amide bonds. The van der Waals surface area contributed by atoms with E-state index in [1.807, 2.05) is 10.8 Å². The number of carbonyl (C=O) groups is 1. The van der Waals surface area contributed by atoms with Crippen molar-refractivity contribution in [1.82, 2.24) is 9.59 Å². The van der Waals surface area contributed by atoms with Gasteiger partial charge in [0.15, 0.2) is 0 Å². The lowest BCUT2D eigenvalue weighted by molar-refractivity contribution is 0.103. The van der Waals surface area contributed by atoms with Crippen molar-refractivity contribution in [3.63, 3.8) is 0 Å². The lowest BCUT2D eigenvalue weighted by Crippen LogP contribution is -1.99. The molecule has 0 saturated heterocycles. The summed E-state index contributed by atoms with van der Waals surface area (Å²) < 4.78 is 3.63. The Morgan fingerprint density at radius 3 is 2.92 bits per heavy atom. The molecular formula is C7H4N2OS2. The van der Waals surface area contributed by atoms with E-state index in [2.05, 4.69) is 9.59 Å². The van der Waals surface area contributed by atoms with Crippen LogP contribution in [0.25, 0.3) is 0 Å². The van der Waals surface area contributed by atoms with E-state index < -0.39 is 0 Å². The van der Waals surface area contributed by atoms with Gasteiger partial charge in [-0.1, -0.05) is 4.49 Å². The summed E-state index contributed by atoms with van der Waals surface area (Å²) in [6, 6.07) is 1.78. The van der Waals surface area contributed by atoms with Crippen molar-refractivity contribution in [1.29, 1.82) is 0 Å². The Morgan fingerprint density at radius 2 is 2.33 bits per heavy atom. The lowest BCUT2D eigenvalue weighted by Gasteiger charge is -1.88. The van der Waals surface area contributed by atoms with Crippen LogP contribution in [0.15, 0.2) is 22.2 Å². The normalized spacial score (nSPS) is 10.0. The highest BCUT2D eigenvalue weighted by Crippen LogP contribution is 2.11. The Bertz CT molecular complexity index is 330. The summed E-state index contributed by atoms with van der Waals surface area (Å²) in [5, 5.41) is 9.02. The van der Waals surface area contributed by atoms with Crippen LogP contribution >= 0.6 is 22.9 Å². The van der Waals surface area contributed by atoms with Gasteiger partial charge in [0.25, 0.3) is 0 Å². The van der Waals surface area contributed by atoms with E-state index in [9.17, 15) is 4.79 Å². The van der Waals surface area contributed by atoms with Gasteiger partial charge in [-0.2, -0.15) is 11.3 Å². The zero-order valence-corrected chi connectivity index (χ0v) is 7.56. The smallest absolute Gasteiger partial charge is 0.215 e. The largest absolute Gasteiger partial charge is 0.287 e. The first-order chi connectivity index (χ1) is 5.88. The zero-order valence-electron chi connectivity index (χ0n) is 5.93. The highest BCUT2D eigenvalue weighted by Gasteiger charge is 2.11. The average Bonchev–Trinajstić information content (AvgIpc) is 2.77. The molecule has 2 aromatic heterocycles. The summed E-state index contributed by atoms with van der Waals surface area (Å²) in [4.78, 5) is 11.5. The minimum atomic E-state index is -0.0509. The molecule has 0 aliphatic carbocycles. The Labute approximate surface area is 76.8 Å². The van der Waals surface area contributed by atoms with E-state index in [0.717, 1.165) is 0 Å². The molecule has 2 heterocycles. The lowest BCUT2D eigenvalue weighted by atomic mass is 10.2. The third-order valence-electron chi connectivity index (χ3n) is 1.38. The summed E-state index contributed by atoms with van der Waals surface area (Å²) in [6.07, 6.45) is 0. The molecule has 0 saturated carbocycles. The van der Waals surface area contributed by atoms with Crippen LogP contribution in [0.3, 0.4) is 0 Å². The Morgan fingerprint density at radius 1 is 1.42 bits per heavy atom. The number of hydrogen-bond acceptors (Lipinski definition) is 5. The minimum Gasteiger partial charge on any atom is -0.287 e. The standard InChI is InChI=1S/C7H4N2OS2/c10-7(5-1-2-11-3-5)6-4-12-9-8-6/h1-4H. The molecule has 5 heteroatoms. The van der Waals surface area contributed by atoms with E-state index in [1.54, 1.807) is 11.4 Å². The van der Waals surface area contributed by atoms with Crippen LogP contribution in [0, 0.1) is 0 Å². The SMILES string of the molecule is O=C(c1ccsc1)c1csnn1. The summed E-state index contributed by atoms with van der Waals surface area (Å²) in [5.41, 5.74) is 1.12. The fraction of sp³-hybridized carbons (Fsp3) is 0. The number of aromatic nitrogens is 2. The molecule has 2 aromatic rings. The molecule has 3 nitrogen and oxygen atoms in total. The maximum atomic E-state index is 11.5. The van der Waals surface area contributed by atoms with Crippen molar-refractivity contribution < 1.29 is 4.79 Å². The number of thiophene rings is 1. The van der Waals surface area contributed by atoms with E-state index in [1.165, 1.54) is 22.9 Å². The predicted molar refractivity (Wildman–Crippen MR) is 47.7 cm³/mol. The van der Waals surface area contributed by atoms with Gasteiger partial charge in [0.2, 0.25) is 5.78 Å². The number of carbonyl (C=O) groups excluding carboxylic acids is 1. The fourth-order valence-corrected chi connectivity index (χ4v) is 1.88. The van der Waals surface area contributed by atoms with Crippen LogP contribution in [0.4, 0.5) is 0 Å². The molecule has 0 atom stereocenters. The molecule has 2 rings (SSSR count). The van der Waals surface area contributed by atoms with E-state index in [-0.39, 0.29) is 5.78 Å².